The van der Waals surface area contributed by atoms with Gasteiger partial charge in [-0.05, 0) is 69.0 Å². The second kappa shape index (κ2) is 11.1. The number of carbonyl (C=O) groups is 1. The van der Waals surface area contributed by atoms with Crippen molar-refractivity contribution in [3.05, 3.63) is 63.9 Å². The molecule has 0 unspecified atom stereocenters. The van der Waals surface area contributed by atoms with Crippen LogP contribution in [0, 0.1) is 0 Å². The van der Waals surface area contributed by atoms with Crippen LogP contribution in [-0.2, 0) is 16.4 Å². The van der Waals surface area contributed by atoms with Gasteiger partial charge in [0.1, 0.15) is 0 Å². The number of rotatable bonds is 10. The summed E-state index contributed by atoms with van der Waals surface area (Å²) in [5.74, 6) is 0.870. The van der Waals surface area contributed by atoms with Crippen molar-refractivity contribution >= 4 is 26.8 Å². The summed E-state index contributed by atoms with van der Waals surface area (Å²) < 4.78 is 38.8. The van der Waals surface area contributed by atoms with Crippen molar-refractivity contribution in [1.29, 1.82) is 0 Å². The number of ether oxygens (including phenoxy) is 2. The van der Waals surface area contributed by atoms with Crippen LogP contribution in [0.3, 0.4) is 0 Å². The number of sulfonamides is 1. The molecule has 1 aromatic heterocycles. The molecule has 1 aliphatic heterocycles. The smallest absolute Gasteiger partial charge is 0.252 e. The molecule has 2 N–H and O–H groups in total. The molecule has 0 atom stereocenters. The summed E-state index contributed by atoms with van der Waals surface area (Å²) in [5.41, 5.74) is 1.06. The molecule has 2 heterocycles. The van der Waals surface area contributed by atoms with Crippen LogP contribution in [0.15, 0.2) is 52.2 Å². The monoisotopic (exact) mass is 513 g/mol. The van der Waals surface area contributed by atoms with Gasteiger partial charge >= 0.3 is 0 Å². The fourth-order valence-electron chi connectivity index (χ4n) is 4.33. The minimum Gasteiger partial charge on any atom is -0.490 e. The molecule has 1 aliphatic rings. The number of amides is 1. The quantitative estimate of drug-likeness (QED) is 0.430. The summed E-state index contributed by atoms with van der Waals surface area (Å²) in [6.07, 6.45) is 2.19. The third-order valence-electron chi connectivity index (χ3n) is 6.07. The van der Waals surface area contributed by atoms with Gasteiger partial charge in [-0.2, -0.15) is 4.31 Å². The van der Waals surface area contributed by atoms with E-state index in [2.05, 4.69) is 10.3 Å². The first-order chi connectivity index (χ1) is 17.3. The highest BCUT2D eigenvalue weighted by Gasteiger charge is 2.27. The van der Waals surface area contributed by atoms with E-state index in [9.17, 15) is 18.0 Å². The topological polar surface area (TPSA) is 118 Å². The van der Waals surface area contributed by atoms with Gasteiger partial charge in [-0.3, -0.25) is 9.59 Å². The average molecular weight is 514 g/mol. The zero-order valence-electron chi connectivity index (χ0n) is 20.5. The molecular weight excluding hydrogens is 482 g/mol. The van der Waals surface area contributed by atoms with Gasteiger partial charge in [-0.15, -0.1) is 0 Å². The largest absolute Gasteiger partial charge is 0.490 e. The summed E-state index contributed by atoms with van der Waals surface area (Å²) >= 11 is 0. The Morgan fingerprint density at radius 2 is 1.72 bits per heavy atom. The second-order valence-corrected chi connectivity index (χ2v) is 10.5. The van der Waals surface area contributed by atoms with Crippen molar-refractivity contribution in [3.8, 4) is 11.5 Å². The Hall–Kier alpha value is -3.37. The van der Waals surface area contributed by atoms with Crippen LogP contribution in [0.5, 0.6) is 11.5 Å². The fourth-order valence-corrected chi connectivity index (χ4v) is 5.87. The third-order valence-corrected chi connectivity index (χ3v) is 7.96. The zero-order chi connectivity index (χ0) is 25.7. The highest BCUT2D eigenvalue weighted by atomic mass is 32.2. The molecule has 1 amide bonds. The number of nitrogens with one attached hydrogen (secondary N) is 2. The molecule has 3 aromatic rings. The Kier molecular flexibility index (Phi) is 7.95. The molecule has 1 fully saturated rings. The number of aromatic amines is 1. The fraction of sp³-hybridized carbons (Fsp3) is 0.385. The number of hydrogen-bond acceptors (Lipinski definition) is 6. The Morgan fingerprint density at radius 1 is 1.00 bits per heavy atom. The highest BCUT2D eigenvalue weighted by molar-refractivity contribution is 7.89. The van der Waals surface area contributed by atoms with Crippen LogP contribution in [-0.4, -0.2) is 56.5 Å². The SMILES string of the molecule is CCOc1ccc(CCNC(=O)c2cc(=O)[nH]c3ccc(S(=O)(=O)N4CCCC4)cc23)cc1OCC. The number of nitrogens with zero attached hydrogens (tertiary/aromatic N) is 1. The van der Waals surface area contributed by atoms with Gasteiger partial charge in [0, 0.05) is 36.6 Å². The molecule has 4 rings (SSSR count). The minimum atomic E-state index is -3.66. The van der Waals surface area contributed by atoms with E-state index in [1.807, 2.05) is 32.0 Å². The maximum absolute atomic E-state index is 13.1. The zero-order valence-corrected chi connectivity index (χ0v) is 21.3. The Labute approximate surface area is 210 Å². The van der Waals surface area contributed by atoms with Crippen molar-refractivity contribution in [2.45, 2.75) is 38.0 Å². The number of carbonyl (C=O) groups excluding carboxylic acids is 1. The van der Waals surface area contributed by atoms with Crippen LogP contribution in [0.4, 0.5) is 0 Å². The molecule has 36 heavy (non-hydrogen) atoms. The lowest BCUT2D eigenvalue weighted by atomic mass is 10.1. The first kappa shape index (κ1) is 25.7. The van der Waals surface area contributed by atoms with Gasteiger partial charge < -0.3 is 19.8 Å². The van der Waals surface area contributed by atoms with E-state index in [1.54, 1.807) is 0 Å². The summed E-state index contributed by atoms with van der Waals surface area (Å²) in [4.78, 5) is 28.0. The number of aromatic nitrogens is 1. The van der Waals surface area contributed by atoms with Gasteiger partial charge in [0.2, 0.25) is 15.6 Å². The minimum absolute atomic E-state index is 0.107. The van der Waals surface area contributed by atoms with Gasteiger partial charge in [0.05, 0.1) is 23.7 Å². The molecule has 2 aromatic carbocycles. The number of H-pyrrole nitrogens is 1. The van der Waals surface area contributed by atoms with Gasteiger partial charge in [-0.1, -0.05) is 6.07 Å². The maximum Gasteiger partial charge on any atom is 0.252 e. The second-order valence-electron chi connectivity index (χ2n) is 8.52. The Bertz CT molecular complexity index is 1410. The maximum atomic E-state index is 13.1. The van der Waals surface area contributed by atoms with Crippen LogP contribution in [0.1, 0.15) is 42.6 Å². The predicted octanol–water partition coefficient (Wildman–Crippen LogP) is 3.08. The molecule has 9 nitrogen and oxygen atoms in total. The molecule has 0 spiro atoms. The number of pyridine rings is 1. The Morgan fingerprint density at radius 3 is 2.44 bits per heavy atom. The van der Waals surface area contributed by atoms with Crippen LogP contribution in [0.2, 0.25) is 0 Å². The normalized spacial score (nSPS) is 14.2. The van der Waals surface area contributed by atoms with Gasteiger partial charge in [0.15, 0.2) is 11.5 Å². The van der Waals surface area contributed by atoms with Crippen LogP contribution in [0.25, 0.3) is 10.9 Å². The van der Waals surface area contributed by atoms with E-state index in [-0.39, 0.29) is 10.5 Å². The molecule has 0 bridgehead atoms. The molecule has 192 valence electrons. The summed E-state index contributed by atoms with van der Waals surface area (Å²) in [6, 6.07) is 11.3. The van der Waals surface area contributed by atoms with Crippen molar-refractivity contribution in [2.75, 3.05) is 32.8 Å². The molecule has 10 heteroatoms. The number of hydrogen-bond donors (Lipinski definition) is 2. The highest BCUT2D eigenvalue weighted by Crippen LogP contribution is 2.29. The molecule has 0 saturated carbocycles. The number of benzene rings is 2. The van der Waals surface area contributed by atoms with E-state index in [4.69, 9.17) is 9.47 Å². The van der Waals surface area contributed by atoms with Crippen molar-refractivity contribution < 1.29 is 22.7 Å². The third kappa shape index (κ3) is 5.55. The van der Waals surface area contributed by atoms with E-state index < -0.39 is 21.5 Å². The summed E-state index contributed by atoms with van der Waals surface area (Å²) in [7, 11) is -3.66. The number of fused-ring (bicyclic) bond motifs is 1. The lowest BCUT2D eigenvalue weighted by Crippen LogP contribution is -2.28. The average Bonchev–Trinajstić information content (AvgIpc) is 3.41. The summed E-state index contributed by atoms with van der Waals surface area (Å²) in [6.45, 7) is 6.12. The Balaban J connectivity index is 1.54. The molecule has 0 aliphatic carbocycles. The molecule has 1 saturated heterocycles. The van der Waals surface area contributed by atoms with Crippen molar-refractivity contribution in [3.63, 3.8) is 0 Å². The van der Waals surface area contributed by atoms with Crippen LogP contribution >= 0.6 is 0 Å². The molecular formula is C26H31N3O6S. The summed E-state index contributed by atoms with van der Waals surface area (Å²) in [5, 5.41) is 3.23. The lowest BCUT2D eigenvalue weighted by molar-refractivity contribution is 0.0955. The van der Waals surface area contributed by atoms with Crippen molar-refractivity contribution in [2.24, 2.45) is 0 Å². The van der Waals surface area contributed by atoms with E-state index in [0.717, 1.165) is 18.4 Å². The first-order valence-corrected chi connectivity index (χ1v) is 13.6. The van der Waals surface area contributed by atoms with E-state index in [1.165, 1.54) is 28.6 Å². The van der Waals surface area contributed by atoms with Crippen LogP contribution < -0.4 is 20.3 Å². The standard InChI is InChI=1S/C26H31N3O6S/c1-3-34-23-10-7-18(15-24(23)35-4-2)11-12-27-26(31)21-17-25(30)28-22-9-8-19(16-20(21)22)36(32,33)29-13-5-6-14-29/h7-10,15-17H,3-6,11-14H2,1-2H3,(H,27,31)(H,28,30). The van der Waals surface area contributed by atoms with Crippen molar-refractivity contribution in [1.82, 2.24) is 14.6 Å². The predicted molar refractivity (Wildman–Crippen MR) is 137 cm³/mol. The van der Waals surface area contributed by atoms with Gasteiger partial charge in [0.25, 0.3) is 5.91 Å². The first-order valence-electron chi connectivity index (χ1n) is 12.2. The van der Waals surface area contributed by atoms with E-state index in [0.29, 0.717) is 61.7 Å². The lowest BCUT2D eigenvalue weighted by Gasteiger charge is -2.16. The van der Waals surface area contributed by atoms with E-state index >= 15 is 0 Å². The van der Waals surface area contributed by atoms with Gasteiger partial charge in [-0.25, -0.2) is 8.42 Å². The molecule has 0 radical (unpaired) electrons.